The molecule has 0 bridgehead atoms. The molecule has 78 valence electrons. The fraction of sp³-hybridized carbons (Fsp3) is 1.00. The van der Waals surface area contributed by atoms with Crippen LogP contribution in [0.2, 0.25) is 12.6 Å². The topological polar surface area (TPSA) is 31.0 Å². The maximum Gasteiger partial charge on any atom is 0.335 e. The van der Waals surface area contributed by atoms with Crippen molar-refractivity contribution in [2.45, 2.75) is 39.0 Å². The molecule has 1 unspecified atom stereocenters. The summed E-state index contributed by atoms with van der Waals surface area (Å²) in [5.74, 6) is 0. The van der Waals surface area contributed by atoms with Gasteiger partial charge in [-0.3, -0.25) is 0 Å². The van der Waals surface area contributed by atoms with Gasteiger partial charge in [0.25, 0.3) is 0 Å². The van der Waals surface area contributed by atoms with Crippen LogP contribution >= 0.6 is 0 Å². The minimum Gasteiger partial charge on any atom is -0.395 e. The summed E-state index contributed by atoms with van der Waals surface area (Å²) in [5, 5.41) is 0. The third-order valence-electron chi connectivity index (χ3n) is 2.13. The number of epoxide rings is 1. The standard InChI is InChI=1S/C9H20O3Si/c1-4-6-13(3,11-5-2)12-8-9-7-10-9/h9H,4-8H2,1-3H3/t9?,13-/m1/s1. The van der Waals surface area contributed by atoms with E-state index in [1.54, 1.807) is 0 Å². The molecule has 1 aliphatic rings. The highest BCUT2D eigenvalue weighted by atomic mass is 28.4. The quantitative estimate of drug-likeness (QED) is 0.469. The molecule has 0 aromatic heterocycles. The Labute approximate surface area is 81.6 Å². The zero-order valence-corrected chi connectivity index (χ0v) is 9.84. The van der Waals surface area contributed by atoms with Crippen molar-refractivity contribution in [3.05, 3.63) is 0 Å². The van der Waals surface area contributed by atoms with E-state index in [-0.39, 0.29) is 0 Å². The first kappa shape index (κ1) is 11.2. The summed E-state index contributed by atoms with van der Waals surface area (Å²) in [5.41, 5.74) is 0. The second kappa shape index (κ2) is 5.10. The van der Waals surface area contributed by atoms with E-state index in [9.17, 15) is 0 Å². The predicted molar refractivity (Wildman–Crippen MR) is 54.0 cm³/mol. The Morgan fingerprint density at radius 1 is 1.38 bits per heavy atom. The Balaban J connectivity index is 2.24. The van der Waals surface area contributed by atoms with E-state index in [4.69, 9.17) is 13.6 Å². The van der Waals surface area contributed by atoms with Gasteiger partial charge in [-0.2, -0.15) is 0 Å². The number of hydrogen-bond donors (Lipinski definition) is 0. The summed E-state index contributed by atoms with van der Waals surface area (Å²) in [4.78, 5) is 0. The lowest BCUT2D eigenvalue weighted by Gasteiger charge is -2.25. The lowest BCUT2D eigenvalue weighted by Crippen LogP contribution is -2.39. The Morgan fingerprint density at radius 3 is 2.54 bits per heavy atom. The zero-order chi connectivity index (χ0) is 9.73. The summed E-state index contributed by atoms with van der Waals surface area (Å²) in [6, 6.07) is 1.08. The third kappa shape index (κ3) is 4.22. The predicted octanol–water partition coefficient (Wildman–Crippen LogP) is 1.92. The van der Waals surface area contributed by atoms with E-state index < -0.39 is 8.56 Å². The van der Waals surface area contributed by atoms with Gasteiger partial charge in [-0.1, -0.05) is 13.3 Å². The van der Waals surface area contributed by atoms with Gasteiger partial charge in [-0.15, -0.1) is 0 Å². The van der Waals surface area contributed by atoms with E-state index in [2.05, 4.69) is 13.5 Å². The Morgan fingerprint density at radius 2 is 2.08 bits per heavy atom. The molecule has 4 heteroatoms. The van der Waals surface area contributed by atoms with Crippen LogP contribution in [0.4, 0.5) is 0 Å². The SMILES string of the molecule is CCC[Si@](C)(OCC)OCC1CO1. The largest absolute Gasteiger partial charge is 0.395 e. The van der Waals surface area contributed by atoms with Crippen LogP contribution in [-0.4, -0.2) is 34.5 Å². The summed E-state index contributed by atoms with van der Waals surface area (Å²) in [7, 11) is -1.85. The van der Waals surface area contributed by atoms with E-state index >= 15 is 0 Å². The maximum atomic E-state index is 5.83. The highest BCUT2D eigenvalue weighted by Crippen LogP contribution is 2.18. The molecular formula is C9H20O3Si. The van der Waals surface area contributed by atoms with Crippen molar-refractivity contribution in [1.82, 2.24) is 0 Å². The molecule has 0 saturated carbocycles. The van der Waals surface area contributed by atoms with Gasteiger partial charge in [0.2, 0.25) is 0 Å². The lowest BCUT2D eigenvalue weighted by atomic mass is 10.5. The van der Waals surface area contributed by atoms with E-state index in [1.165, 1.54) is 0 Å². The average Bonchev–Trinajstić information content (AvgIpc) is 2.85. The van der Waals surface area contributed by atoms with Crippen LogP contribution in [-0.2, 0) is 13.6 Å². The van der Waals surface area contributed by atoms with Gasteiger partial charge in [0, 0.05) is 6.61 Å². The number of ether oxygens (including phenoxy) is 1. The first-order valence-electron chi connectivity index (χ1n) is 5.09. The van der Waals surface area contributed by atoms with E-state index in [1.807, 2.05) is 6.92 Å². The maximum absolute atomic E-state index is 5.83. The molecule has 3 nitrogen and oxygen atoms in total. The van der Waals surface area contributed by atoms with Crippen LogP contribution in [0.1, 0.15) is 20.3 Å². The fourth-order valence-corrected chi connectivity index (χ4v) is 3.81. The number of hydrogen-bond acceptors (Lipinski definition) is 3. The molecule has 1 saturated heterocycles. The van der Waals surface area contributed by atoms with Gasteiger partial charge in [-0.05, 0) is 19.5 Å². The van der Waals surface area contributed by atoms with Crippen LogP contribution in [0.5, 0.6) is 0 Å². The van der Waals surface area contributed by atoms with Gasteiger partial charge in [0.1, 0.15) is 6.10 Å². The molecule has 2 atom stereocenters. The molecule has 1 heterocycles. The van der Waals surface area contributed by atoms with E-state index in [0.29, 0.717) is 6.10 Å². The Hall–Kier alpha value is 0.0969. The average molecular weight is 204 g/mol. The van der Waals surface area contributed by atoms with Crippen molar-refractivity contribution < 1.29 is 13.6 Å². The van der Waals surface area contributed by atoms with E-state index in [0.717, 1.165) is 32.3 Å². The zero-order valence-electron chi connectivity index (χ0n) is 8.84. The van der Waals surface area contributed by atoms with Gasteiger partial charge in [0.05, 0.1) is 13.2 Å². The van der Waals surface area contributed by atoms with Crippen LogP contribution in [0.25, 0.3) is 0 Å². The van der Waals surface area contributed by atoms with Gasteiger partial charge in [0.15, 0.2) is 0 Å². The molecule has 1 fully saturated rings. The van der Waals surface area contributed by atoms with Gasteiger partial charge in [-0.25, -0.2) is 0 Å². The highest BCUT2D eigenvalue weighted by molar-refractivity contribution is 6.66. The van der Waals surface area contributed by atoms with Crippen molar-refractivity contribution in [2.24, 2.45) is 0 Å². The fourth-order valence-electron chi connectivity index (χ4n) is 1.38. The molecule has 0 N–H and O–H groups in total. The molecule has 13 heavy (non-hydrogen) atoms. The Kier molecular flexibility index (Phi) is 4.38. The van der Waals surface area contributed by atoms with Crippen LogP contribution in [0.15, 0.2) is 0 Å². The van der Waals surface area contributed by atoms with Crippen LogP contribution in [0.3, 0.4) is 0 Å². The van der Waals surface area contributed by atoms with Crippen molar-refractivity contribution >= 4 is 8.56 Å². The summed E-state index contributed by atoms with van der Waals surface area (Å²) < 4.78 is 16.6. The number of rotatable bonds is 7. The molecular weight excluding hydrogens is 184 g/mol. The smallest absolute Gasteiger partial charge is 0.335 e. The lowest BCUT2D eigenvalue weighted by molar-refractivity contribution is 0.165. The molecule has 0 amide bonds. The molecule has 0 aliphatic carbocycles. The van der Waals surface area contributed by atoms with Crippen molar-refractivity contribution in [3.63, 3.8) is 0 Å². The van der Waals surface area contributed by atoms with Crippen LogP contribution in [0, 0.1) is 0 Å². The van der Waals surface area contributed by atoms with Crippen LogP contribution < -0.4 is 0 Å². The molecule has 1 rings (SSSR count). The molecule has 0 aromatic rings. The summed E-state index contributed by atoms with van der Waals surface area (Å²) in [6.07, 6.45) is 1.48. The first-order chi connectivity index (χ1) is 6.20. The molecule has 1 aliphatic heterocycles. The van der Waals surface area contributed by atoms with Crippen molar-refractivity contribution in [3.8, 4) is 0 Å². The Bertz CT molecular complexity index is 142. The summed E-state index contributed by atoms with van der Waals surface area (Å²) >= 11 is 0. The first-order valence-corrected chi connectivity index (χ1v) is 7.62. The van der Waals surface area contributed by atoms with Gasteiger partial charge < -0.3 is 13.6 Å². The van der Waals surface area contributed by atoms with Gasteiger partial charge >= 0.3 is 8.56 Å². The molecule has 0 radical (unpaired) electrons. The highest BCUT2D eigenvalue weighted by Gasteiger charge is 2.33. The minimum atomic E-state index is -1.85. The normalized spacial score (nSPS) is 25.6. The van der Waals surface area contributed by atoms with Crippen molar-refractivity contribution in [2.75, 3.05) is 19.8 Å². The minimum absolute atomic E-state index is 0.351. The monoisotopic (exact) mass is 204 g/mol. The third-order valence-corrected chi connectivity index (χ3v) is 5.22. The molecule has 0 aromatic carbocycles. The molecule has 0 spiro atoms. The second-order valence-electron chi connectivity index (χ2n) is 3.58. The van der Waals surface area contributed by atoms with Crippen molar-refractivity contribution in [1.29, 1.82) is 0 Å². The second-order valence-corrected chi connectivity index (χ2v) is 6.93. The summed E-state index contributed by atoms with van der Waals surface area (Å²) in [6.45, 7) is 8.68.